The Kier molecular flexibility index (Phi) is 10.3. The Morgan fingerprint density at radius 1 is 1.10 bits per heavy atom. The highest BCUT2D eigenvalue weighted by Crippen LogP contribution is 2.25. The molecule has 40 heavy (non-hydrogen) atoms. The van der Waals surface area contributed by atoms with Gasteiger partial charge in [0.1, 0.15) is 5.75 Å². The Balaban J connectivity index is 1.28. The average molecular weight is 545 g/mol. The SMILES string of the molecule is C=C(F)/C(=N\C(=N/C)N/N=C/c1ccc(Nc2ccc(-c3cccc(O)c3)cc2)cn1)NCCN1CCOCC1. The smallest absolute Gasteiger partial charge is 0.240 e. The number of hydrogen-bond donors (Lipinski definition) is 4. The number of phenols is 1. The first-order chi connectivity index (χ1) is 19.5. The molecule has 0 unspecified atom stereocenters. The van der Waals surface area contributed by atoms with Crippen molar-refractivity contribution >= 4 is 29.4 Å². The summed E-state index contributed by atoms with van der Waals surface area (Å²) in [5.41, 5.74) is 6.97. The number of morpholine rings is 1. The second kappa shape index (κ2) is 14.5. The molecule has 3 aromatic rings. The first kappa shape index (κ1) is 28.4. The summed E-state index contributed by atoms with van der Waals surface area (Å²) in [5.74, 6) is -0.331. The van der Waals surface area contributed by atoms with Gasteiger partial charge in [-0.05, 0) is 47.5 Å². The lowest BCUT2D eigenvalue weighted by molar-refractivity contribution is 0.0389. The normalized spacial score (nSPS) is 14.8. The fraction of sp³-hybridized carbons (Fsp3) is 0.241. The lowest BCUT2D eigenvalue weighted by Gasteiger charge is -2.26. The molecule has 0 amide bonds. The van der Waals surface area contributed by atoms with E-state index >= 15 is 0 Å². The van der Waals surface area contributed by atoms with Gasteiger partial charge in [0.25, 0.3) is 0 Å². The summed E-state index contributed by atoms with van der Waals surface area (Å²) >= 11 is 0. The zero-order chi connectivity index (χ0) is 28.2. The highest BCUT2D eigenvalue weighted by Gasteiger charge is 2.11. The lowest BCUT2D eigenvalue weighted by Crippen LogP contribution is -2.41. The molecule has 1 aliphatic rings. The predicted molar refractivity (Wildman–Crippen MR) is 158 cm³/mol. The summed E-state index contributed by atoms with van der Waals surface area (Å²) in [6.45, 7) is 7.71. The molecule has 11 heteroatoms. The van der Waals surface area contributed by atoms with Crippen molar-refractivity contribution in [3.8, 4) is 16.9 Å². The van der Waals surface area contributed by atoms with E-state index in [9.17, 15) is 9.50 Å². The van der Waals surface area contributed by atoms with E-state index in [1.807, 2.05) is 48.5 Å². The van der Waals surface area contributed by atoms with Crippen molar-refractivity contribution in [2.24, 2.45) is 15.1 Å². The minimum atomic E-state index is -0.687. The molecule has 0 saturated carbocycles. The maximum atomic E-state index is 14.0. The number of hydrogen-bond acceptors (Lipinski definition) is 7. The van der Waals surface area contributed by atoms with E-state index in [1.165, 1.54) is 13.3 Å². The number of guanidine groups is 1. The van der Waals surface area contributed by atoms with Crippen LogP contribution in [0.1, 0.15) is 5.69 Å². The number of aliphatic imine (C=N–C) groups is 2. The fourth-order valence-electron chi connectivity index (χ4n) is 3.89. The second-order valence-electron chi connectivity index (χ2n) is 8.89. The Morgan fingerprint density at radius 3 is 2.55 bits per heavy atom. The van der Waals surface area contributed by atoms with Crippen LogP contribution in [0.15, 0.2) is 94.4 Å². The standard InChI is InChI=1S/C29H33FN8O2/c1-21(30)28(32-12-13-38-14-16-40-17-15-38)36-29(31-2)37-34-20-25-10-11-26(19-33-25)35-24-8-6-22(7-9-24)23-4-3-5-27(39)18-23/h3-11,18-20,35,39H,1,12-17H2,2H3,(H2,31,32,36,37)/b34-20+. The van der Waals surface area contributed by atoms with Gasteiger partial charge in [-0.15, -0.1) is 0 Å². The quantitative estimate of drug-likeness (QED) is 0.183. The van der Waals surface area contributed by atoms with Crippen molar-refractivity contribution in [1.29, 1.82) is 0 Å². The van der Waals surface area contributed by atoms with Gasteiger partial charge in [0.15, 0.2) is 11.7 Å². The summed E-state index contributed by atoms with van der Waals surface area (Å²) in [6.07, 6.45) is 3.21. The number of anilines is 2. The Bertz CT molecular complexity index is 1350. The Hall–Kier alpha value is -4.61. The van der Waals surface area contributed by atoms with Gasteiger partial charge in [-0.2, -0.15) is 10.1 Å². The van der Waals surface area contributed by atoms with Gasteiger partial charge in [-0.1, -0.05) is 30.8 Å². The summed E-state index contributed by atoms with van der Waals surface area (Å²) in [7, 11) is 1.53. The third kappa shape index (κ3) is 8.72. The number of pyridine rings is 1. The van der Waals surface area contributed by atoms with Gasteiger partial charge in [-0.25, -0.2) is 9.82 Å². The summed E-state index contributed by atoms with van der Waals surface area (Å²) in [6, 6.07) is 18.7. The summed E-state index contributed by atoms with van der Waals surface area (Å²) in [4.78, 5) is 14.8. The van der Waals surface area contributed by atoms with Gasteiger partial charge in [0.2, 0.25) is 5.96 Å². The molecule has 0 atom stereocenters. The van der Waals surface area contributed by atoms with Crippen LogP contribution in [0, 0.1) is 0 Å². The van der Waals surface area contributed by atoms with Crippen LogP contribution in [-0.2, 0) is 4.74 Å². The molecule has 4 N–H and O–H groups in total. The molecule has 4 rings (SSSR count). The highest BCUT2D eigenvalue weighted by atomic mass is 19.1. The Labute approximate surface area is 233 Å². The lowest BCUT2D eigenvalue weighted by atomic mass is 10.1. The molecule has 208 valence electrons. The molecule has 1 saturated heterocycles. The molecule has 1 aliphatic heterocycles. The van der Waals surface area contributed by atoms with Crippen molar-refractivity contribution in [1.82, 2.24) is 20.6 Å². The number of benzene rings is 2. The van der Waals surface area contributed by atoms with Crippen LogP contribution in [0.3, 0.4) is 0 Å². The van der Waals surface area contributed by atoms with E-state index in [-0.39, 0.29) is 17.5 Å². The zero-order valence-electron chi connectivity index (χ0n) is 22.3. The van der Waals surface area contributed by atoms with Crippen molar-refractivity contribution in [2.75, 3.05) is 51.8 Å². The van der Waals surface area contributed by atoms with E-state index in [4.69, 9.17) is 4.74 Å². The topological polar surface area (TPSA) is 119 Å². The van der Waals surface area contributed by atoms with Gasteiger partial charge < -0.3 is 20.5 Å². The molecule has 2 aromatic carbocycles. The van der Waals surface area contributed by atoms with Gasteiger partial charge >= 0.3 is 0 Å². The monoisotopic (exact) mass is 544 g/mol. The molecular weight excluding hydrogens is 511 g/mol. The molecule has 0 aliphatic carbocycles. The highest BCUT2D eigenvalue weighted by molar-refractivity contribution is 6.03. The van der Waals surface area contributed by atoms with Crippen LogP contribution in [0.5, 0.6) is 5.75 Å². The van der Waals surface area contributed by atoms with E-state index < -0.39 is 5.83 Å². The minimum Gasteiger partial charge on any atom is -0.508 e. The third-order valence-electron chi connectivity index (χ3n) is 6.01. The molecule has 1 fully saturated rings. The van der Waals surface area contributed by atoms with Crippen LogP contribution in [0.25, 0.3) is 11.1 Å². The van der Waals surface area contributed by atoms with E-state index in [1.54, 1.807) is 18.3 Å². The number of nitrogens with one attached hydrogen (secondary N) is 3. The maximum Gasteiger partial charge on any atom is 0.240 e. The molecule has 0 radical (unpaired) electrons. The second-order valence-corrected chi connectivity index (χ2v) is 8.89. The van der Waals surface area contributed by atoms with Crippen molar-refractivity contribution < 1.29 is 14.2 Å². The van der Waals surface area contributed by atoms with Gasteiger partial charge in [-0.3, -0.25) is 14.9 Å². The number of amidine groups is 1. The first-order valence-electron chi connectivity index (χ1n) is 12.9. The molecule has 0 spiro atoms. The first-order valence-corrected chi connectivity index (χ1v) is 12.9. The molecule has 1 aromatic heterocycles. The number of phenolic OH excluding ortho intramolecular Hbond substituents is 1. The van der Waals surface area contributed by atoms with E-state index in [0.29, 0.717) is 25.5 Å². The number of rotatable bonds is 9. The maximum absolute atomic E-state index is 14.0. The van der Waals surface area contributed by atoms with Crippen LogP contribution >= 0.6 is 0 Å². The Morgan fingerprint density at radius 2 is 1.88 bits per heavy atom. The minimum absolute atomic E-state index is 0.0000556. The van der Waals surface area contributed by atoms with Crippen molar-refractivity contribution in [2.45, 2.75) is 0 Å². The number of hydrazone groups is 1. The zero-order valence-corrected chi connectivity index (χ0v) is 22.3. The summed E-state index contributed by atoms with van der Waals surface area (Å²) in [5, 5.41) is 20.1. The summed E-state index contributed by atoms with van der Waals surface area (Å²) < 4.78 is 19.3. The number of nitrogens with zero attached hydrogens (tertiary/aromatic N) is 5. The van der Waals surface area contributed by atoms with Crippen LogP contribution in [-0.4, -0.2) is 79.4 Å². The van der Waals surface area contributed by atoms with Crippen molar-refractivity contribution in [3.63, 3.8) is 0 Å². The average Bonchev–Trinajstić information content (AvgIpc) is 2.97. The van der Waals surface area contributed by atoms with E-state index in [0.717, 1.165) is 42.1 Å². The molecular formula is C29H33FN8O2. The van der Waals surface area contributed by atoms with E-state index in [2.05, 4.69) is 47.6 Å². The van der Waals surface area contributed by atoms with Gasteiger partial charge in [0.05, 0.1) is 37.0 Å². The predicted octanol–water partition coefficient (Wildman–Crippen LogP) is 3.91. The molecule has 10 nitrogen and oxygen atoms in total. The van der Waals surface area contributed by atoms with Crippen LogP contribution in [0.4, 0.5) is 15.8 Å². The number of ether oxygens (including phenoxy) is 1. The number of aromatic hydroxyl groups is 1. The molecule has 0 bridgehead atoms. The van der Waals surface area contributed by atoms with Gasteiger partial charge in [0, 0.05) is 38.9 Å². The number of aromatic nitrogens is 1. The fourth-order valence-corrected chi connectivity index (χ4v) is 3.89. The van der Waals surface area contributed by atoms with Crippen LogP contribution < -0.4 is 16.1 Å². The largest absolute Gasteiger partial charge is 0.508 e. The van der Waals surface area contributed by atoms with Crippen LogP contribution in [0.2, 0.25) is 0 Å². The molecule has 2 heterocycles. The third-order valence-corrected chi connectivity index (χ3v) is 6.01. The number of halogens is 1. The van der Waals surface area contributed by atoms with Crippen molar-refractivity contribution in [3.05, 3.63) is 85.0 Å².